The Morgan fingerprint density at radius 1 is 1.30 bits per heavy atom. The second kappa shape index (κ2) is 8.35. The number of benzene rings is 1. The molecule has 9 heteroatoms. The molecule has 7 nitrogen and oxygen atoms in total. The molecule has 162 valence electrons. The third-order valence-electron chi connectivity index (χ3n) is 5.22. The lowest BCUT2D eigenvalue weighted by Gasteiger charge is -2.28. The van der Waals surface area contributed by atoms with Crippen molar-refractivity contribution < 1.29 is 14.0 Å². The fourth-order valence-electron chi connectivity index (χ4n) is 3.69. The van der Waals surface area contributed by atoms with Crippen molar-refractivity contribution in [1.82, 2.24) is 19.8 Å². The molecule has 1 aromatic carbocycles. The lowest BCUT2D eigenvalue weighted by atomic mass is 9.86. The van der Waals surface area contributed by atoms with Crippen LogP contribution in [0.2, 0.25) is 5.02 Å². The van der Waals surface area contributed by atoms with E-state index in [4.69, 9.17) is 17.3 Å². The minimum atomic E-state index is -0.878. The predicted octanol–water partition coefficient (Wildman–Crippen LogP) is 2.81. The second-order valence-corrected chi connectivity index (χ2v) is 9.21. The van der Waals surface area contributed by atoms with Gasteiger partial charge in [0, 0.05) is 18.1 Å². The molecule has 0 spiro atoms. The Balaban J connectivity index is 2.11. The largest absolute Gasteiger partial charge is 0.368 e. The van der Waals surface area contributed by atoms with Crippen LogP contribution in [0.25, 0.3) is 11.4 Å². The summed E-state index contributed by atoms with van der Waals surface area (Å²) in [4.78, 5) is 31.7. The maximum atomic E-state index is 14.6. The van der Waals surface area contributed by atoms with Crippen LogP contribution in [0.4, 0.5) is 4.39 Å². The van der Waals surface area contributed by atoms with E-state index in [2.05, 4.69) is 15.2 Å². The van der Waals surface area contributed by atoms with Crippen LogP contribution in [0.5, 0.6) is 0 Å². The van der Waals surface area contributed by atoms with E-state index in [0.717, 1.165) is 13.0 Å². The predicted molar refractivity (Wildman–Crippen MR) is 113 cm³/mol. The SMILES string of the molecule is CN1CCCn2c(-c3cc(Cl)ccc3F)nc(C(=O)N[C@H](C(N)=O)C(C)(C)C)c2C1. The normalized spacial score (nSPS) is 15.9. The molecule has 2 amide bonds. The molecule has 1 aromatic heterocycles. The molecular weight excluding hydrogens is 409 g/mol. The average molecular weight is 436 g/mol. The van der Waals surface area contributed by atoms with E-state index in [1.807, 2.05) is 32.4 Å². The number of aromatic nitrogens is 2. The van der Waals surface area contributed by atoms with E-state index in [0.29, 0.717) is 29.6 Å². The van der Waals surface area contributed by atoms with E-state index >= 15 is 0 Å². The molecule has 2 aromatic rings. The monoisotopic (exact) mass is 435 g/mol. The summed E-state index contributed by atoms with van der Waals surface area (Å²) in [6.07, 6.45) is 0.821. The van der Waals surface area contributed by atoms with E-state index in [-0.39, 0.29) is 11.3 Å². The van der Waals surface area contributed by atoms with Crippen LogP contribution in [0.15, 0.2) is 18.2 Å². The van der Waals surface area contributed by atoms with Crippen LogP contribution >= 0.6 is 11.6 Å². The summed E-state index contributed by atoms with van der Waals surface area (Å²) in [5.74, 6) is -1.26. The fourth-order valence-corrected chi connectivity index (χ4v) is 3.86. The zero-order valence-electron chi connectivity index (χ0n) is 17.6. The number of nitrogens with two attached hydrogens (primary N) is 1. The molecule has 0 fully saturated rings. The maximum Gasteiger partial charge on any atom is 0.272 e. The van der Waals surface area contributed by atoms with Gasteiger partial charge in [-0.1, -0.05) is 32.4 Å². The maximum absolute atomic E-state index is 14.6. The number of rotatable bonds is 4. The first-order valence-electron chi connectivity index (χ1n) is 9.82. The number of nitrogens with zero attached hydrogens (tertiary/aromatic N) is 3. The molecule has 0 aliphatic carbocycles. The highest BCUT2D eigenvalue weighted by molar-refractivity contribution is 6.30. The summed E-state index contributed by atoms with van der Waals surface area (Å²) in [5.41, 5.74) is 6.00. The average Bonchev–Trinajstić information content (AvgIpc) is 2.86. The topological polar surface area (TPSA) is 93.2 Å². The molecule has 3 N–H and O–H groups in total. The number of hydrogen-bond acceptors (Lipinski definition) is 4. The van der Waals surface area contributed by atoms with Gasteiger partial charge in [0.15, 0.2) is 5.69 Å². The molecule has 0 bridgehead atoms. The molecule has 2 heterocycles. The zero-order chi connectivity index (χ0) is 22.2. The van der Waals surface area contributed by atoms with Gasteiger partial charge in [-0.3, -0.25) is 9.59 Å². The molecule has 1 aliphatic rings. The van der Waals surface area contributed by atoms with Crippen molar-refractivity contribution in [1.29, 1.82) is 0 Å². The van der Waals surface area contributed by atoms with E-state index in [9.17, 15) is 14.0 Å². The Hall–Kier alpha value is -2.45. The quantitative estimate of drug-likeness (QED) is 0.772. The number of carbonyl (C=O) groups is 2. The van der Waals surface area contributed by atoms with Crippen molar-refractivity contribution in [2.45, 2.75) is 46.3 Å². The van der Waals surface area contributed by atoms with Gasteiger partial charge in [-0.25, -0.2) is 9.37 Å². The van der Waals surface area contributed by atoms with Crippen molar-refractivity contribution in [3.05, 3.63) is 40.4 Å². The highest BCUT2D eigenvalue weighted by atomic mass is 35.5. The zero-order valence-corrected chi connectivity index (χ0v) is 18.4. The first-order chi connectivity index (χ1) is 14.0. The van der Waals surface area contributed by atoms with E-state index < -0.39 is 29.1 Å². The van der Waals surface area contributed by atoms with Crippen LogP contribution in [0.3, 0.4) is 0 Å². The second-order valence-electron chi connectivity index (χ2n) is 8.77. The van der Waals surface area contributed by atoms with Gasteiger partial charge in [0.05, 0.1) is 11.3 Å². The number of imidazole rings is 1. The van der Waals surface area contributed by atoms with Crippen molar-refractivity contribution in [3.63, 3.8) is 0 Å². The third-order valence-corrected chi connectivity index (χ3v) is 5.46. The highest BCUT2D eigenvalue weighted by Gasteiger charge is 2.34. The Labute approximate surface area is 180 Å². The van der Waals surface area contributed by atoms with Crippen LogP contribution in [-0.4, -0.2) is 45.9 Å². The summed E-state index contributed by atoms with van der Waals surface area (Å²) in [5, 5.41) is 3.10. The van der Waals surface area contributed by atoms with Crippen molar-refractivity contribution >= 4 is 23.4 Å². The van der Waals surface area contributed by atoms with Crippen molar-refractivity contribution in [2.24, 2.45) is 11.1 Å². The summed E-state index contributed by atoms with van der Waals surface area (Å²) in [7, 11) is 1.95. The smallest absolute Gasteiger partial charge is 0.272 e. The molecule has 0 radical (unpaired) electrons. The molecular formula is C21H27ClFN5O2. The Kier molecular flexibility index (Phi) is 6.19. The number of amides is 2. The van der Waals surface area contributed by atoms with Gasteiger partial charge in [0.25, 0.3) is 5.91 Å². The first-order valence-corrected chi connectivity index (χ1v) is 10.2. The van der Waals surface area contributed by atoms with Gasteiger partial charge >= 0.3 is 0 Å². The Bertz CT molecular complexity index is 983. The van der Waals surface area contributed by atoms with Crippen LogP contribution in [0.1, 0.15) is 43.4 Å². The number of fused-ring (bicyclic) bond motifs is 1. The first kappa shape index (κ1) is 22.2. The summed E-state index contributed by atoms with van der Waals surface area (Å²) in [6, 6.07) is 3.38. The van der Waals surface area contributed by atoms with Gasteiger partial charge in [0.2, 0.25) is 5.91 Å². The fraction of sp³-hybridized carbons (Fsp3) is 0.476. The lowest BCUT2D eigenvalue weighted by Crippen LogP contribution is -2.52. The van der Waals surface area contributed by atoms with Gasteiger partial charge in [-0.15, -0.1) is 0 Å². The van der Waals surface area contributed by atoms with Gasteiger partial charge in [-0.05, 0) is 43.6 Å². The standard InChI is InChI=1S/C21H27ClFN5O2/c1-21(2,3)17(18(24)29)26-20(30)16-15-11-27(4)8-5-9-28(15)19(25-16)13-10-12(22)6-7-14(13)23/h6-7,10,17H,5,8-9,11H2,1-4H3,(H2,24,29)(H,26,30)/t17-/m1/s1. The van der Waals surface area contributed by atoms with E-state index in [1.54, 1.807) is 0 Å². The molecule has 30 heavy (non-hydrogen) atoms. The van der Waals surface area contributed by atoms with Gasteiger partial charge < -0.3 is 20.5 Å². The number of carbonyl (C=O) groups excluding carboxylic acids is 2. The molecule has 0 saturated heterocycles. The summed E-state index contributed by atoms with van der Waals surface area (Å²) >= 11 is 6.09. The number of nitrogens with one attached hydrogen (secondary N) is 1. The lowest BCUT2D eigenvalue weighted by molar-refractivity contribution is -0.122. The third kappa shape index (κ3) is 4.49. The molecule has 0 saturated carbocycles. The summed E-state index contributed by atoms with van der Waals surface area (Å²) in [6.45, 7) is 7.32. The molecule has 1 atom stereocenters. The molecule has 1 aliphatic heterocycles. The van der Waals surface area contributed by atoms with Crippen molar-refractivity contribution in [2.75, 3.05) is 13.6 Å². The van der Waals surface area contributed by atoms with E-state index in [1.165, 1.54) is 18.2 Å². The number of halogens is 2. The summed E-state index contributed by atoms with van der Waals surface area (Å²) < 4.78 is 16.5. The van der Waals surface area contributed by atoms with Gasteiger partial charge in [0.1, 0.15) is 17.7 Å². The van der Waals surface area contributed by atoms with Gasteiger partial charge in [-0.2, -0.15) is 0 Å². The highest BCUT2D eigenvalue weighted by Crippen LogP contribution is 2.30. The minimum absolute atomic E-state index is 0.161. The number of hydrogen-bond donors (Lipinski definition) is 2. The van der Waals surface area contributed by atoms with Crippen LogP contribution < -0.4 is 11.1 Å². The Morgan fingerprint density at radius 2 is 2.00 bits per heavy atom. The minimum Gasteiger partial charge on any atom is -0.368 e. The molecule has 3 rings (SSSR count). The number of primary amides is 1. The van der Waals surface area contributed by atoms with Crippen LogP contribution in [-0.2, 0) is 17.9 Å². The molecule has 0 unspecified atom stereocenters. The van der Waals surface area contributed by atoms with Crippen LogP contribution in [0, 0.1) is 11.2 Å². The Morgan fingerprint density at radius 3 is 2.63 bits per heavy atom. The van der Waals surface area contributed by atoms with Crippen molar-refractivity contribution in [3.8, 4) is 11.4 Å².